The lowest BCUT2D eigenvalue weighted by molar-refractivity contribution is -0.264. The van der Waals surface area contributed by atoms with Gasteiger partial charge in [0, 0.05) is 14.2 Å². The molecule has 0 radical (unpaired) electrons. The highest BCUT2D eigenvalue weighted by atomic mass is 16.8. The van der Waals surface area contributed by atoms with Gasteiger partial charge in [0.05, 0.1) is 33.0 Å². The highest BCUT2D eigenvalue weighted by molar-refractivity contribution is 5.17. The number of hydrogen-bond acceptors (Lipinski definition) is 9. The van der Waals surface area contributed by atoms with Gasteiger partial charge in [0.15, 0.2) is 17.7 Å². The van der Waals surface area contributed by atoms with Gasteiger partial charge in [0.25, 0.3) is 0 Å². The molecule has 0 amide bonds. The Morgan fingerprint density at radius 1 is 0.750 bits per heavy atom. The van der Waals surface area contributed by atoms with E-state index in [0.717, 1.165) is 16.7 Å². The normalized spacial score (nSPS) is 27.0. The first-order valence-corrected chi connectivity index (χ1v) is 15.0. The Morgan fingerprint density at radius 3 is 1.89 bits per heavy atom. The molecule has 2 aliphatic heterocycles. The van der Waals surface area contributed by atoms with Gasteiger partial charge < -0.3 is 42.6 Å². The third-order valence-electron chi connectivity index (χ3n) is 7.83. The lowest BCUT2D eigenvalue weighted by atomic mass is 9.86. The van der Waals surface area contributed by atoms with E-state index in [2.05, 4.69) is 0 Å². The molecule has 238 valence electrons. The van der Waals surface area contributed by atoms with E-state index in [0.29, 0.717) is 26.4 Å². The second kappa shape index (κ2) is 15.5. The van der Waals surface area contributed by atoms with E-state index in [1.807, 2.05) is 105 Å². The van der Waals surface area contributed by atoms with E-state index >= 15 is 0 Å². The molecule has 0 aromatic heterocycles. The van der Waals surface area contributed by atoms with Crippen LogP contribution in [0.25, 0.3) is 0 Å². The minimum atomic E-state index is -1.23. The molecule has 2 heterocycles. The summed E-state index contributed by atoms with van der Waals surface area (Å²) in [6.45, 7) is 5.17. The Bertz CT molecular complexity index is 1240. The van der Waals surface area contributed by atoms with Crippen molar-refractivity contribution in [1.82, 2.24) is 0 Å². The molecule has 3 aromatic rings. The molecule has 0 saturated carbocycles. The molecule has 0 bridgehead atoms. The molecule has 0 N–H and O–H groups in total. The van der Waals surface area contributed by atoms with Crippen LogP contribution in [0.2, 0.25) is 0 Å². The Morgan fingerprint density at radius 2 is 1.34 bits per heavy atom. The van der Waals surface area contributed by atoms with E-state index < -0.39 is 42.1 Å². The van der Waals surface area contributed by atoms with Crippen molar-refractivity contribution in [2.75, 3.05) is 34.2 Å². The predicted octanol–water partition coefficient (Wildman–Crippen LogP) is 5.26. The minimum Gasteiger partial charge on any atom is -0.374 e. The van der Waals surface area contributed by atoms with Crippen LogP contribution in [-0.4, -0.2) is 76.3 Å². The number of rotatable bonds is 16. The van der Waals surface area contributed by atoms with Crippen LogP contribution < -0.4 is 0 Å². The molecule has 2 aliphatic rings. The van der Waals surface area contributed by atoms with Crippen molar-refractivity contribution in [1.29, 1.82) is 0 Å². The summed E-state index contributed by atoms with van der Waals surface area (Å²) in [4.78, 5) is 0. The maximum Gasteiger partial charge on any atom is 0.187 e. The second-order valence-electron chi connectivity index (χ2n) is 11.5. The van der Waals surface area contributed by atoms with Crippen molar-refractivity contribution in [2.24, 2.45) is 0 Å². The SMILES string of the molecule is COCO[C@H]1[C@@H](OC)O[C@@](COCc2ccccc2)(C(OCc2ccccc2)[C@H]2COC(C)(C)O2)[C@@H]1OCc1ccccc1. The smallest absolute Gasteiger partial charge is 0.187 e. The van der Waals surface area contributed by atoms with Crippen LogP contribution >= 0.6 is 0 Å². The van der Waals surface area contributed by atoms with E-state index in [1.54, 1.807) is 14.2 Å². The molecule has 0 spiro atoms. The fraction of sp³-hybridized carbons (Fsp3) is 0.486. The molecule has 2 fully saturated rings. The molecular formula is C35H44O9. The van der Waals surface area contributed by atoms with Gasteiger partial charge in [-0.15, -0.1) is 0 Å². The van der Waals surface area contributed by atoms with Crippen LogP contribution in [0.15, 0.2) is 91.0 Å². The van der Waals surface area contributed by atoms with Crippen LogP contribution in [0.3, 0.4) is 0 Å². The van der Waals surface area contributed by atoms with Crippen LogP contribution in [-0.2, 0) is 62.5 Å². The summed E-state index contributed by atoms with van der Waals surface area (Å²) in [6, 6.07) is 29.9. The first-order valence-electron chi connectivity index (χ1n) is 15.0. The average Bonchev–Trinajstić information content (AvgIpc) is 3.56. The zero-order valence-corrected chi connectivity index (χ0v) is 26.0. The fourth-order valence-electron chi connectivity index (χ4n) is 5.78. The average molecular weight is 609 g/mol. The van der Waals surface area contributed by atoms with Gasteiger partial charge in [-0.05, 0) is 30.5 Å². The highest BCUT2D eigenvalue weighted by Crippen LogP contribution is 2.44. The van der Waals surface area contributed by atoms with Crippen LogP contribution in [0.5, 0.6) is 0 Å². The van der Waals surface area contributed by atoms with Crippen molar-refractivity contribution in [3.05, 3.63) is 108 Å². The maximum absolute atomic E-state index is 6.86. The molecule has 9 nitrogen and oxygen atoms in total. The molecular weight excluding hydrogens is 564 g/mol. The first kappa shape index (κ1) is 32.7. The quantitative estimate of drug-likeness (QED) is 0.202. The molecule has 5 rings (SSSR count). The van der Waals surface area contributed by atoms with E-state index in [-0.39, 0.29) is 13.4 Å². The Hall–Kier alpha value is -2.70. The van der Waals surface area contributed by atoms with Gasteiger partial charge in [-0.25, -0.2) is 0 Å². The summed E-state index contributed by atoms with van der Waals surface area (Å²) in [5, 5.41) is 0. The van der Waals surface area contributed by atoms with Gasteiger partial charge >= 0.3 is 0 Å². The maximum atomic E-state index is 6.86. The van der Waals surface area contributed by atoms with Crippen molar-refractivity contribution in [3.63, 3.8) is 0 Å². The summed E-state index contributed by atoms with van der Waals surface area (Å²) < 4.78 is 56.8. The second-order valence-corrected chi connectivity index (χ2v) is 11.5. The Labute approximate surface area is 260 Å². The number of ether oxygens (including phenoxy) is 9. The zero-order chi connectivity index (χ0) is 30.8. The highest BCUT2D eigenvalue weighted by Gasteiger charge is 2.64. The first-order chi connectivity index (χ1) is 21.4. The molecule has 9 heteroatoms. The van der Waals surface area contributed by atoms with Crippen molar-refractivity contribution >= 4 is 0 Å². The molecule has 6 atom stereocenters. The topological polar surface area (TPSA) is 83.1 Å². The summed E-state index contributed by atoms with van der Waals surface area (Å²) >= 11 is 0. The van der Waals surface area contributed by atoms with Crippen LogP contribution in [0.1, 0.15) is 30.5 Å². The third kappa shape index (κ3) is 8.11. The zero-order valence-electron chi connectivity index (χ0n) is 26.0. The van der Waals surface area contributed by atoms with Crippen molar-refractivity contribution in [3.8, 4) is 0 Å². The van der Waals surface area contributed by atoms with Gasteiger partial charge in [-0.3, -0.25) is 0 Å². The molecule has 0 aliphatic carbocycles. The lowest BCUT2D eigenvalue weighted by Crippen LogP contribution is -2.62. The molecule has 2 saturated heterocycles. The van der Waals surface area contributed by atoms with Gasteiger partial charge in [-0.1, -0.05) is 91.0 Å². The summed E-state index contributed by atoms with van der Waals surface area (Å²) in [5.41, 5.74) is 1.81. The summed E-state index contributed by atoms with van der Waals surface area (Å²) in [6.07, 6.45) is -3.37. The van der Waals surface area contributed by atoms with E-state index in [9.17, 15) is 0 Å². The van der Waals surface area contributed by atoms with Gasteiger partial charge in [-0.2, -0.15) is 0 Å². The van der Waals surface area contributed by atoms with E-state index in [1.165, 1.54) is 0 Å². The predicted molar refractivity (Wildman–Crippen MR) is 162 cm³/mol. The van der Waals surface area contributed by atoms with Crippen molar-refractivity contribution < 1.29 is 42.6 Å². The standard InChI is InChI=1S/C35H44O9/c1-34(2)42-23-29(43-34)31(39-21-27-16-10-6-11-17-27)35(24-38-20-26-14-8-5-9-15-26)32(40-22-28-18-12-7-13-19-28)30(41-25-36-3)33(37-4)44-35/h5-19,29-33H,20-25H2,1-4H3/t29-,30-,31?,32-,33+,35+/m1/s1. The Kier molecular flexibility index (Phi) is 11.5. The molecule has 44 heavy (non-hydrogen) atoms. The van der Waals surface area contributed by atoms with Crippen LogP contribution in [0.4, 0.5) is 0 Å². The largest absolute Gasteiger partial charge is 0.374 e. The molecule has 1 unspecified atom stereocenters. The van der Waals surface area contributed by atoms with Gasteiger partial charge in [0.2, 0.25) is 0 Å². The number of hydrogen-bond donors (Lipinski definition) is 0. The minimum absolute atomic E-state index is 0.0195. The van der Waals surface area contributed by atoms with E-state index in [4.69, 9.17) is 42.6 Å². The summed E-state index contributed by atoms with van der Waals surface area (Å²) in [7, 11) is 3.16. The molecule has 3 aromatic carbocycles. The number of methoxy groups -OCH3 is 2. The van der Waals surface area contributed by atoms with Crippen LogP contribution in [0, 0.1) is 0 Å². The van der Waals surface area contributed by atoms with Crippen molar-refractivity contribution in [2.45, 2.75) is 75.8 Å². The Balaban J connectivity index is 1.54. The van der Waals surface area contributed by atoms with Gasteiger partial charge in [0.1, 0.15) is 31.2 Å². The number of benzene rings is 3. The lowest BCUT2D eigenvalue weighted by Gasteiger charge is -2.42. The monoisotopic (exact) mass is 608 g/mol. The fourth-order valence-corrected chi connectivity index (χ4v) is 5.78. The summed E-state index contributed by atoms with van der Waals surface area (Å²) in [5.74, 6) is -0.809. The third-order valence-corrected chi connectivity index (χ3v) is 7.83.